The van der Waals surface area contributed by atoms with E-state index in [1.165, 1.54) is 6.42 Å². The number of aromatic nitrogens is 3. The average molecular weight is 209 g/mol. The first-order valence-electron chi connectivity index (χ1n) is 5.14. The third-order valence-corrected chi connectivity index (χ3v) is 2.75. The molecule has 1 saturated carbocycles. The highest BCUT2D eigenvalue weighted by Crippen LogP contribution is 2.24. The van der Waals surface area contributed by atoms with Gasteiger partial charge >= 0.3 is 0 Å². The number of carbonyl (C=O) groups excluding carboxylic acids is 1. The molecule has 0 bridgehead atoms. The van der Waals surface area contributed by atoms with E-state index in [9.17, 15) is 4.79 Å². The van der Waals surface area contributed by atoms with Gasteiger partial charge in [0.2, 0.25) is 11.8 Å². The highest BCUT2D eigenvalue weighted by atomic mass is 16.2. The van der Waals surface area contributed by atoms with E-state index in [0.29, 0.717) is 5.92 Å². The molecule has 15 heavy (non-hydrogen) atoms. The maximum absolute atomic E-state index is 11.6. The van der Waals surface area contributed by atoms with Crippen molar-refractivity contribution < 1.29 is 4.79 Å². The van der Waals surface area contributed by atoms with Crippen LogP contribution in [-0.4, -0.2) is 27.1 Å². The van der Waals surface area contributed by atoms with Gasteiger partial charge in [-0.3, -0.25) is 9.89 Å². The molecule has 82 valence electrons. The standard InChI is InChI=1S/C9H15N5O/c1-5-2-3-6(4-5)11-8(15)7-12-9(10)14-13-7/h5-6H,2-4H2,1H3,(H,11,15)(H3,10,12,13,14). The lowest BCUT2D eigenvalue weighted by atomic mass is 10.1. The first kappa shape index (κ1) is 9.95. The molecule has 6 heteroatoms. The van der Waals surface area contributed by atoms with Crippen molar-refractivity contribution >= 4 is 11.9 Å². The number of H-pyrrole nitrogens is 1. The van der Waals surface area contributed by atoms with Crippen molar-refractivity contribution in [3.8, 4) is 0 Å². The highest BCUT2D eigenvalue weighted by Gasteiger charge is 2.24. The van der Waals surface area contributed by atoms with Crippen molar-refractivity contribution in [3.63, 3.8) is 0 Å². The van der Waals surface area contributed by atoms with Gasteiger partial charge in [0.15, 0.2) is 0 Å². The second kappa shape index (κ2) is 3.88. The van der Waals surface area contributed by atoms with Crippen LogP contribution in [0.2, 0.25) is 0 Å². The Labute approximate surface area is 87.6 Å². The van der Waals surface area contributed by atoms with E-state index in [0.717, 1.165) is 12.8 Å². The third-order valence-electron chi connectivity index (χ3n) is 2.75. The van der Waals surface area contributed by atoms with Gasteiger partial charge in [-0.1, -0.05) is 6.92 Å². The summed E-state index contributed by atoms with van der Waals surface area (Å²) in [7, 11) is 0. The van der Waals surface area contributed by atoms with Gasteiger partial charge in [0.05, 0.1) is 0 Å². The Morgan fingerprint density at radius 2 is 2.40 bits per heavy atom. The fourth-order valence-electron chi connectivity index (χ4n) is 1.97. The molecule has 6 nitrogen and oxygen atoms in total. The molecular weight excluding hydrogens is 194 g/mol. The van der Waals surface area contributed by atoms with Crippen molar-refractivity contribution in [2.45, 2.75) is 32.2 Å². The molecule has 1 fully saturated rings. The van der Waals surface area contributed by atoms with Crippen LogP contribution in [0.3, 0.4) is 0 Å². The number of nitrogens with one attached hydrogen (secondary N) is 2. The summed E-state index contributed by atoms with van der Waals surface area (Å²) in [6.07, 6.45) is 3.25. The number of hydrogen-bond donors (Lipinski definition) is 3. The van der Waals surface area contributed by atoms with Gasteiger partial charge in [-0.2, -0.15) is 4.98 Å². The second-order valence-corrected chi connectivity index (χ2v) is 4.13. The van der Waals surface area contributed by atoms with Crippen molar-refractivity contribution in [2.75, 3.05) is 5.73 Å². The number of anilines is 1. The molecule has 1 aromatic heterocycles. The van der Waals surface area contributed by atoms with Crippen LogP contribution in [0.1, 0.15) is 36.8 Å². The molecule has 0 spiro atoms. The average Bonchev–Trinajstić information content (AvgIpc) is 2.75. The lowest BCUT2D eigenvalue weighted by Gasteiger charge is -2.10. The Morgan fingerprint density at radius 1 is 1.60 bits per heavy atom. The Balaban J connectivity index is 1.92. The van der Waals surface area contributed by atoms with Crippen LogP contribution in [-0.2, 0) is 0 Å². The van der Waals surface area contributed by atoms with E-state index in [1.54, 1.807) is 0 Å². The van der Waals surface area contributed by atoms with Crippen molar-refractivity contribution in [1.82, 2.24) is 20.5 Å². The first-order valence-corrected chi connectivity index (χ1v) is 5.14. The number of aromatic amines is 1. The molecule has 0 saturated heterocycles. The molecular formula is C9H15N5O. The molecule has 1 aliphatic rings. The SMILES string of the molecule is CC1CCC(NC(=O)c2nc(N)n[nH]2)C1. The molecule has 2 rings (SSSR count). The Bertz CT molecular complexity index is 361. The molecule has 0 aliphatic heterocycles. The van der Waals surface area contributed by atoms with Crippen LogP contribution >= 0.6 is 0 Å². The Hall–Kier alpha value is -1.59. The van der Waals surface area contributed by atoms with Gasteiger partial charge in [0, 0.05) is 6.04 Å². The van der Waals surface area contributed by atoms with Gasteiger partial charge in [-0.25, -0.2) is 0 Å². The number of nitrogens with zero attached hydrogens (tertiary/aromatic N) is 2. The van der Waals surface area contributed by atoms with Crippen LogP contribution in [0.15, 0.2) is 0 Å². The summed E-state index contributed by atoms with van der Waals surface area (Å²) in [6, 6.07) is 0.263. The van der Waals surface area contributed by atoms with Gasteiger partial charge in [-0.05, 0) is 25.2 Å². The monoisotopic (exact) mass is 209 g/mol. The molecule has 0 aromatic carbocycles. The fraction of sp³-hybridized carbons (Fsp3) is 0.667. The summed E-state index contributed by atoms with van der Waals surface area (Å²) >= 11 is 0. The summed E-state index contributed by atoms with van der Waals surface area (Å²) < 4.78 is 0. The second-order valence-electron chi connectivity index (χ2n) is 4.13. The van der Waals surface area contributed by atoms with Crippen molar-refractivity contribution in [3.05, 3.63) is 5.82 Å². The van der Waals surface area contributed by atoms with E-state index in [2.05, 4.69) is 27.4 Å². The molecule has 2 atom stereocenters. The first-order chi connectivity index (χ1) is 7.15. The molecule has 2 unspecified atom stereocenters. The van der Waals surface area contributed by atoms with Gasteiger partial charge in [0.1, 0.15) is 0 Å². The number of carbonyl (C=O) groups is 1. The maximum Gasteiger partial charge on any atom is 0.288 e. The normalized spacial score (nSPS) is 25.4. The zero-order valence-corrected chi connectivity index (χ0v) is 8.66. The minimum Gasteiger partial charge on any atom is -0.366 e. The minimum atomic E-state index is -0.224. The van der Waals surface area contributed by atoms with Crippen LogP contribution < -0.4 is 11.1 Å². The molecule has 4 N–H and O–H groups in total. The summed E-state index contributed by atoms with van der Waals surface area (Å²) in [5.74, 6) is 0.750. The maximum atomic E-state index is 11.6. The summed E-state index contributed by atoms with van der Waals surface area (Å²) in [5, 5.41) is 9.01. The van der Waals surface area contributed by atoms with Crippen LogP contribution in [0, 0.1) is 5.92 Å². The number of nitrogens with two attached hydrogens (primary N) is 1. The molecule has 1 amide bonds. The lowest BCUT2D eigenvalue weighted by Crippen LogP contribution is -2.33. The number of nitrogen functional groups attached to an aromatic ring is 1. The summed E-state index contributed by atoms with van der Waals surface area (Å²) in [4.78, 5) is 15.4. The zero-order valence-electron chi connectivity index (χ0n) is 8.66. The van der Waals surface area contributed by atoms with E-state index >= 15 is 0 Å². The van der Waals surface area contributed by atoms with Gasteiger partial charge < -0.3 is 11.1 Å². The smallest absolute Gasteiger partial charge is 0.288 e. The minimum absolute atomic E-state index is 0.0972. The van der Waals surface area contributed by atoms with Gasteiger partial charge in [0.25, 0.3) is 5.91 Å². The quantitative estimate of drug-likeness (QED) is 0.652. The number of rotatable bonds is 2. The molecule has 1 heterocycles. The predicted octanol–water partition coefficient (Wildman–Crippen LogP) is 0.305. The van der Waals surface area contributed by atoms with Crippen LogP contribution in [0.4, 0.5) is 5.95 Å². The van der Waals surface area contributed by atoms with Gasteiger partial charge in [-0.15, -0.1) is 5.10 Å². The van der Waals surface area contributed by atoms with E-state index in [1.807, 2.05) is 0 Å². The topological polar surface area (TPSA) is 96.7 Å². The number of amides is 1. The third kappa shape index (κ3) is 2.26. The largest absolute Gasteiger partial charge is 0.366 e. The summed E-state index contributed by atoms with van der Waals surface area (Å²) in [5.41, 5.74) is 5.31. The molecule has 1 aromatic rings. The predicted molar refractivity (Wildman–Crippen MR) is 55.1 cm³/mol. The molecule has 1 aliphatic carbocycles. The van der Waals surface area contributed by atoms with E-state index in [-0.39, 0.29) is 23.7 Å². The lowest BCUT2D eigenvalue weighted by molar-refractivity contribution is 0.0927. The Kier molecular flexibility index (Phi) is 2.57. The van der Waals surface area contributed by atoms with E-state index in [4.69, 9.17) is 5.73 Å². The fourth-order valence-corrected chi connectivity index (χ4v) is 1.97. The van der Waals surface area contributed by atoms with Crippen molar-refractivity contribution in [1.29, 1.82) is 0 Å². The highest BCUT2D eigenvalue weighted by molar-refractivity contribution is 5.90. The van der Waals surface area contributed by atoms with Crippen LogP contribution in [0.25, 0.3) is 0 Å². The van der Waals surface area contributed by atoms with E-state index < -0.39 is 0 Å². The number of hydrogen-bond acceptors (Lipinski definition) is 4. The zero-order chi connectivity index (χ0) is 10.8. The Morgan fingerprint density at radius 3 is 2.93 bits per heavy atom. The summed E-state index contributed by atoms with van der Waals surface area (Å²) in [6.45, 7) is 2.19. The molecule has 0 radical (unpaired) electrons. The van der Waals surface area contributed by atoms with Crippen molar-refractivity contribution in [2.24, 2.45) is 5.92 Å². The van der Waals surface area contributed by atoms with Crippen LogP contribution in [0.5, 0.6) is 0 Å².